The van der Waals surface area contributed by atoms with Crippen LogP contribution in [0.5, 0.6) is 0 Å². The number of fused-ring (bicyclic) bond motifs is 1. The highest BCUT2D eigenvalue weighted by molar-refractivity contribution is 5.95. The van der Waals surface area contributed by atoms with Crippen LogP contribution in [0.15, 0.2) is 40.8 Å². The average molecular weight is 282 g/mol. The molecule has 0 bridgehead atoms. The number of ketones is 1. The Balaban J connectivity index is 1.96. The first-order chi connectivity index (χ1) is 10.2. The van der Waals surface area contributed by atoms with Crippen molar-refractivity contribution >= 4 is 16.8 Å². The van der Waals surface area contributed by atoms with Crippen LogP contribution < -0.4 is 0 Å². The van der Waals surface area contributed by atoms with Gasteiger partial charge >= 0.3 is 0 Å². The minimum Gasteiger partial charge on any atom is -0.458 e. The number of hydrogen-bond donors (Lipinski definition) is 0. The zero-order chi connectivity index (χ0) is 14.8. The molecule has 3 aromatic rings. The Morgan fingerprint density at radius 2 is 2.05 bits per heavy atom. The maximum Gasteiger partial charge on any atom is 0.205 e. The molecule has 0 atom stereocenters. The van der Waals surface area contributed by atoms with Gasteiger partial charge in [0.2, 0.25) is 5.78 Å². The summed E-state index contributed by atoms with van der Waals surface area (Å²) in [6.07, 6.45) is 1.27. The van der Waals surface area contributed by atoms with Crippen LogP contribution in [0.1, 0.15) is 35.5 Å². The van der Waals surface area contributed by atoms with Crippen LogP contribution in [-0.2, 0) is 13.0 Å². The monoisotopic (exact) mass is 282 g/mol. The molecule has 2 aromatic heterocycles. The van der Waals surface area contributed by atoms with E-state index >= 15 is 0 Å². The summed E-state index contributed by atoms with van der Waals surface area (Å²) >= 11 is 0. The summed E-state index contributed by atoms with van der Waals surface area (Å²) in [5, 5.41) is 0. The molecule has 0 saturated heterocycles. The number of carbonyl (C=O) groups excluding carboxylic acids is 1. The lowest BCUT2D eigenvalue weighted by atomic mass is 10.2. The molecule has 0 aliphatic rings. The van der Waals surface area contributed by atoms with E-state index in [1.54, 1.807) is 6.07 Å². The summed E-state index contributed by atoms with van der Waals surface area (Å²) < 4.78 is 7.53. The average Bonchev–Trinajstić information content (AvgIpc) is 3.04. The van der Waals surface area contributed by atoms with Crippen molar-refractivity contribution in [3.05, 3.63) is 53.7 Å². The number of benzene rings is 1. The van der Waals surface area contributed by atoms with Gasteiger partial charge in [0, 0.05) is 6.54 Å². The van der Waals surface area contributed by atoms with Crippen molar-refractivity contribution in [1.82, 2.24) is 9.55 Å². The largest absolute Gasteiger partial charge is 0.458 e. The van der Waals surface area contributed by atoms with Gasteiger partial charge in [0.05, 0.1) is 17.5 Å². The van der Waals surface area contributed by atoms with Gasteiger partial charge in [-0.2, -0.15) is 0 Å². The lowest BCUT2D eigenvalue weighted by molar-refractivity contribution is 0.0962. The number of nitrogens with zero attached hydrogens (tertiary/aromatic N) is 2. The Morgan fingerprint density at radius 1 is 1.24 bits per heavy atom. The van der Waals surface area contributed by atoms with E-state index in [-0.39, 0.29) is 12.2 Å². The van der Waals surface area contributed by atoms with E-state index in [9.17, 15) is 4.79 Å². The molecule has 2 heterocycles. The summed E-state index contributed by atoms with van der Waals surface area (Å²) in [4.78, 5) is 16.9. The van der Waals surface area contributed by atoms with Crippen molar-refractivity contribution in [1.29, 1.82) is 0 Å². The summed E-state index contributed by atoms with van der Waals surface area (Å²) in [5.74, 6) is 1.93. The summed E-state index contributed by atoms with van der Waals surface area (Å²) in [7, 11) is 0. The SMILES string of the molecule is CCCn1c(CC(=O)c2ccc(C)o2)nc2ccccc21. The Morgan fingerprint density at radius 3 is 2.76 bits per heavy atom. The molecule has 0 saturated carbocycles. The number of Topliss-reactive ketones (excluding diaryl/α,β-unsaturated/α-hetero) is 1. The summed E-state index contributed by atoms with van der Waals surface area (Å²) in [5.41, 5.74) is 2.02. The number of furan rings is 1. The molecule has 0 radical (unpaired) electrons. The van der Waals surface area contributed by atoms with Crippen LogP contribution >= 0.6 is 0 Å². The third kappa shape index (κ3) is 2.61. The van der Waals surface area contributed by atoms with Gasteiger partial charge < -0.3 is 8.98 Å². The maximum atomic E-state index is 12.3. The van der Waals surface area contributed by atoms with Crippen molar-refractivity contribution < 1.29 is 9.21 Å². The van der Waals surface area contributed by atoms with E-state index < -0.39 is 0 Å². The van der Waals surface area contributed by atoms with Crippen LogP contribution in [-0.4, -0.2) is 15.3 Å². The smallest absolute Gasteiger partial charge is 0.205 e. The Kier molecular flexibility index (Phi) is 3.60. The van der Waals surface area contributed by atoms with Gasteiger partial charge in [-0.3, -0.25) is 4.79 Å². The van der Waals surface area contributed by atoms with Gasteiger partial charge in [-0.05, 0) is 37.6 Å². The topological polar surface area (TPSA) is 48.0 Å². The molecule has 4 heteroatoms. The van der Waals surface area contributed by atoms with E-state index in [0.717, 1.165) is 35.6 Å². The van der Waals surface area contributed by atoms with Crippen molar-refractivity contribution in [2.24, 2.45) is 0 Å². The lowest BCUT2D eigenvalue weighted by Gasteiger charge is -2.06. The van der Waals surface area contributed by atoms with E-state index in [1.807, 2.05) is 37.3 Å². The molecule has 0 spiro atoms. The van der Waals surface area contributed by atoms with E-state index in [1.165, 1.54) is 0 Å². The molecule has 0 aliphatic heterocycles. The van der Waals surface area contributed by atoms with Crippen molar-refractivity contribution in [3.63, 3.8) is 0 Å². The van der Waals surface area contributed by atoms with Gasteiger partial charge in [0.25, 0.3) is 0 Å². The number of hydrogen-bond acceptors (Lipinski definition) is 3. The van der Waals surface area contributed by atoms with Gasteiger partial charge in [-0.15, -0.1) is 0 Å². The zero-order valence-corrected chi connectivity index (χ0v) is 12.3. The molecule has 0 aliphatic carbocycles. The zero-order valence-electron chi connectivity index (χ0n) is 12.3. The number of aromatic nitrogens is 2. The molecule has 1 aromatic carbocycles. The Hall–Kier alpha value is -2.36. The summed E-state index contributed by atoms with van der Waals surface area (Å²) in [6.45, 7) is 4.82. The van der Waals surface area contributed by atoms with E-state index in [4.69, 9.17) is 4.42 Å². The predicted molar refractivity (Wildman–Crippen MR) is 81.5 cm³/mol. The highest BCUT2D eigenvalue weighted by atomic mass is 16.3. The second-order valence-electron chi connectivity index (χ2n) is 5.18. The number of imidazole rings is 1. The first kappa shape index (κ1) is 13.6. The number of rotatable bonds is 5. The van der Waals surface area contributed by atoms with E-state index in [2.05, 4.69) is 16.5 Å². The van der Waals surface area contributed by atoms with E-state index in [0.29, 0.717) is 5.76 Å². The number of carbonyl (C=O) groups is 1. The van der Waals surface area contributed by atoms with Gasteiger partial charge in [-0.1, -0.05) is 19.1 Å². The predicted octanol–water partition coefficient (Wildman–Crippen LogP) is 3.77. The second kappa shape index (κ2) is 5.56. The molecule has 0 amide bonds. The fourth-order valence-electron chi connectivity index (χ4n) is 2.55. The quantitative estimate of drug-likeness (QED) is 0.669. The third-order valence-electron chi connectivity index (χ3n) is 3.51. The maximum absolute atomic E-state index is 12.3. The van der Waals surface area contributed by atoms with Gasteiger partial charge in [0.15, 0.2) is 5.76 Å². The normalized spacial score (nSPS) is 11.1. The highest BCUT2D eigenvalue weighted by Gasteiger charge is 2.16. The van der Waals surface area contributed by atoms with Crippen molar-refractivity contribution in [2.75, 3.05) is 0 Å². The molecule has 0 N–H and O–H groups in total. The lowest BCUT2D eigenvalue weighted by Crippen LogP contribution is -2.10. The standard InChI is InChI=1S/C17H18N2O2/c1-3-10-19-14-7-5-4-6-13(14)18-17(19)11-15(20)16-9-8-12(2)21-16/h4-9H,3,10-11H2,1-2H3. The summed E-state index contributed by atoms with van der Waals surface area (Å²) in [6, 6.07) is 11.5. The van der Waals surface area contributed by atoms with Gasteiger partial charge in [-0.25, -0.2) is 4.98 Å². The molecular formula is C17H18N2O2. The molecule has 0 unspecified atom stereocenters. The first-order valence-corrected chi connectivity index (χ1v) is 7.23. The van der Waals surface area contributed by atoms with Crippen LogP contribution in [0.4, 0.5) is 0 Å². The Labute approximate surface area is 123 Å². The Bertz CT molecular complexity index is 783. The minimum atomic E-state index is -0.0317. The molecule has 4 nitrogen and oxygen atoms in total. The fourth-order valence-corrected chi connectivity index (χ4v) is 2.55. The first-order valence-electron chi connectivity index (χ1n) is 7.23. The van der Waals surface area contributed by atoms with Crippen LogP contribution in [0, 0.1) is 6.92 Å². The number of para-hydroxylation sites is 2. The molecule has 21 heavy (non-hydrogen) atoms. The molecule has 108 valence electrons. The fraction of sp³-hybridized carbons (Fsp3) is 0.294. The van der Waals surface area contributed by atoms with Crippen molar-refractivity contribution in [3.8, 4) is 0 Å². The second-order valence-corrected chi connectivity index (χ2v) is 5.18. The number of aryl methyl sites for hydroxylation is 2. The molecular weight excluding hydrogens is 264 g/mol. The highest BCUT2D eigenvalue weighted by Crippen LogP contribution is 2.18. The van der Waals surface area contributed by atoms with Crippen molar-refractivity contribution in [2.45, 2.75) is 33.2 Å². The van der Waals surface area contributed by atoms with Crippen LogP contribution in [0.25, 0.3) is 11.0 Å². The minimum absolute atomic E-state index is 0.0317. The van der Waals surface area contributed by atoms with Crippen LogP contribution in [0.3, 0.4) is 0 Å². The van der Waals surface area contributed by atoms with Crippen LogP contribution in [0.2, 0.25) is 0 Å². The van der Waals surface area contributed by atoms with Gasteiger partial charge in [0.1, 0.15) is 11.6 Å². The molecule has 3 rings (SSSR count). The molecule has 0 fully saturated rings. The third-order valence-corrected chi connectivity index (χ3v) is 3.51.